The number of fused-ring (bicyclic) bond motifs is 1. The van der Waals surface area contributed by atoms with E-state index in [9.17, 15) is 0 Å². The highest BCUT2D eigenvalue weighted by Crippen LogP contribution is 2.14. The van der Waals surface area contributed by atoms with E-state index in [0.717, 1.165) is 0 Å². The molecule has 0 atom stereocenters. The van der Waals surface area contributed by atoms with Crippen LogP contribution in [0.4, 0.5) is 0 Å². The molecule has 2 rings (SSSR count). The first-order chi connectivity index (χ1) is 4.86. The van der Waals surface area contributed by atoms with Crippen molar-refractivity contribution in [2.45, 2.75) is 0 Å². The molecule has 0 aliphatic heterocycles. The van der Waals surface area contributed by atoms with E-state index in [0.29, 0.717) is 0 Å². The van der Waals surface area contributed by atoms with Crippen LogP contribution in [0, 0.1) is 0 Å². The van der Waals surface area contributed by atoms with Crippen LogP contribution in [0.15, 0.2) is 36.7 Å². The van der Waals surface area contributed by atoms with Crippen LogP contribution < -0.4 is 0 Å². The van der Waals surface area contributed by atoms with Crippen molar-refractivity contribution in [1.82, 2.24) is 3.97 Å². The molecule has 2 heteroatoms. The van der Waals surface area contributed by atoms with E-state index in [1.807, 2.05) is 24.5 Å². The Morgan fingerprint density at radius 3 is 2.00 bits per heavy atom. The van der Waals surface area contributed by atoms with E-state index in [1.165, 1.54) is 10.8 Å². The second kappa shape index (κ2) is 2.06. The van der Waals surface area contributed by atoms with E-state index in [2.05, 4.69) is 24.9 Å². The second-order valence-corrected chi connectivity index (χ2v) is 2.73. The molecule has 1 aromatic carbocycles. The van der Waals surface area contributed by atoms with Gasteiger partial charge in [0.05, 0.1) is 0 Å². The lowest BCUT2D eigenvalue weighted by atomic mass is 10.2. The minimum Gasteiger partial charge on any atom is -0.300 e. The number of hydrogen-bond donors (Lipinski definition) is 1. The summed E-state index contributed by atoms with van der Waals surface area (Å²) in [5.41, 5.74) is 0. The van der Waals surface area contributed by atoms with Gasteiger partial charge in [0.15, 0.2) is 0 Å². The van der Waals surface area contributed by atoms with Crippen molar-refractivity contribution in [3.63, 3.8) is 0 Å². The maximum atomic E-state index is 4.16. The van der Waals surface area contributed by atoms with Crippen molar-refractivity contribution in [3.05, 3.63) is 36.7 Å². The summed E-state index contributed by atoms with van der Waals surface area (Å²) >= 11 is 4.16. The minimum atomic E-state index is 1.23. The molecule has 50 valence electrons. The Kier molecular flexibility index (Phi) is 1.21. The molecule has 0 aliphatic rings. The smallest absolute Gasteiger partial charge is 0.0233 e. The Balaban J connectivity index is 2.88. The fourth-order valence-corrected chi connectivity index (χ4v) is 1.32. The van der Waals surface area contributed by atoms with Gasteiger partial charge in [-0.2, -0.15) is 0 Å². The fraction of sp³-hybridized carbons (Fsp3) is 0. The summed E-state index contributed by atoms with van der Waals surface area (Å²) in [6, 6.07) is 8.19. The maximum absolute atomic E-state index is 4.16. The number of rotatable bonds is 0. The Morgan fingerprint density at radius 1 is 1.00 bits per heavy atom. The monoisotopic (exact) mass is 149 g/mol. The lowest BCUT2D eigenvalue weighted by Gasteiger charge is -1.81. The van der Waals surface area contributed by atoms with Gasteiger partial charge in [-0.3, -0.25) is 0 Å². The van der Waals surface area contributed by atoms with Gasteiger partial charge in [-0.05, 0) is 0 Å². The van der Waals surface area contributed by atoms with Crippen molar-refractivity contribution in [2.24, 2.45) is 0 Å². The molecule has 0 aliphatic carbocycles. The lowest BCUT2D eigenvalue weighted by Crippen LogP contribution is -1.64. The Bertz CT molecular complexity index is 318. The highest BCUT2D eigenvalue weighted by Gasteiger charge is 1.91. The summed E-state index contributed by atoms with van der Waals surface area (Å²) in [6.07, 6.45) is 3.97. The molecule has 0 spiro atoms. The van der Waals surface area contributed by atoms with E-state index in [4.69, 9.17) is 0 Å². The van der Waals surface area contributed by atoms with Gasteiger partial charge in [0, 0.05) is 23.2 Å². The quantitative estimate of drug-likeness (QED) is 0.548. The first kappa shape index (κ1) is 5.86. The number of thiol groups is 1. The highest BCUT2D eigenvalue weighted by atomic mass is 32.1. The van der Waals surface area contributed by atoms with E-state index in [-0.39, 0.29) is 0 Å². The zero-order chi connectivity index (χ0) is 6.97. The average molecular weight is 149 g/mol. The van der Waals surface area contributed by atoms with Crippen LogP contribution in [0.5, 0.6) is 0 Å². The summed E-state index contributed by atoms with van der Waals surface area (Å²) in [5, 5.41) is 2.47. The normalized spacial score (nSPS) is 10.5. The van der Waals surface area contributed by atoms with Crippen LogP contribution >= 0.6 is 12.8 Å². The van der Waals surface area contributed by atoms with Crippen LogP contribution in [0.1, 0.15) is 0 Å². The molecule has 1 nitrogen and oxygen atoms in total. The third-order valence-corrected chi connectivity index (χ3v) is 1.77. The SMILES string of the molecule is Sn1cc2ccccc2c1. The first-order valence-corrected chi connectivity index (χ1v) is 3.52. The second-order valence-electron chi connectivity index (χ2n) is 2.27. The van der Waals surface area contributed by atoms with Gasteiger partial charge in [0.1, 0.15) is 0 Å². The van der Waals surface area contributed by atoms with E-state index in [1.54, 1.807) is 3.97 Å². The van der Waals surface area contributed by atoms with Gasteiger partial charge in [-0.15, -0.1) is 0 Å². The van der Waals surface area contributed by atoms with Crippen LogP contribution in [-0.4, -0.2) is 3.97 Å². The fourth-order valence-electron chi connectivity index (χ4n) is 1.07. The van der Waals surface area contributed by atoms with Gasteiger partial charge >= 0.3 is 0 Å². The first-order valence-electron chi connectivity index (χ1n) is 3.12. The summed E-state index contributed by atoms with van der Waals surface area (Å²) in [7, 11) is 0. The molecule has 0 N–H and O–H groups in total. The van der Waals surface area contributed by atoms with Crippen LogP contribution in [0.25, 0.3) is 10.8 Å². The molecule has 0 amide bonds. The van der Waals surface area contributed by atoms with Gasteiger partial charge < -0.3 is 3.97 Å². The zero-order valence-electron chi connectivity index (χ0n) is 5.36. The summed E-state index contributed by atoms with van der Waals surface area (Å²) in [6.45, 7) is 0. The molecular formula is C8H7NS. The van der Waals surface area contributed by atoms with Crippen LogP contribution in [0.2, 0.25) is 0 Å². The molecule has 2 aromatic rings. The summed E-state index contributed by atoms with van der Waals surface area (Å²) < 4.78 is 1.77. The van der Waals surface area contributed by atoms with Crippen molar-refractivity contribution >= 4 is 23.6 Å². The number of benzene rings is 1. The maximum Gasteiger partial charge on any atom is 0.0233 e. The van der Waals surface area contributed by atoms with Crippen LogP contribution in [-0.2, 0) is 0 Å². The van der Waals surface area contributed by atoms with Gasteiger partial charge in [0.2, 0.25) is 0 Å². The van der Waals surface area contributed by atoms with Crippen molar-refractivity contribution in [3.8, 4) is 0 Å². The summed E-state index contributed by atoms with van der Waals surface area (Å²) in [5.74, 6) is 0. The van der Waals surface area contributed by atoms with Gasteiger partial charge in [0.25, 0.3) is 0 Å². The predicted molar refractivity (Wildman–Crippen MR) is 46.3 cm³/mol. The van der Waals surface area contributed by atoms with E-state index >= 15 is 0 Å². The van der Waals surface area contributed by atoms with Crippen LogP contribution in [0.3, 0.4) is 0 Å². The Hall–Kier alpha value is -0.890. The van der Waals surface area contributed by atoms with Crippen molar-refractivity contribution < 1.29 is 0 Å². The van der Waals surface area contributed by atoms with Gasteiger partial charge in [-0.1, -0.05) is 37.1 Å². The Labute approximate surface area is 64.8 Å². The third kappa shape index (κ3) is 0.809. The molecule has 0 bridgehead atoms. The minimum absolute atomic E-state index is 1.23. The molecule has 1 heterocycles. The summed E-state index contributed by atoms with van der Waals surface area (Å²) in [4.78, 5) is 0. The molecule has 0 saturated heterocycles. The molecular weight excluding hydrogens is 142 g/mol. The lowest BCUT2D eigenvalue weighted by molar-refractivity contribution is 1.32. The number of hydrogen-bond acceptors (Lipinski definition) is 1. The standard InChI is InChI=1S/C8H7NS/c10-9-5-7-3-1-2-4-8(7)6-9/h1-6,10H. The number of aromatic nitrogens is 1. The van der Waals surface area contributed by atoms with Gasteiger partial charge in [-0.25, -0.2) is 0 Å². The van der Waals surface area contributed by atoms with E-state index < -0.39 is 0 Å². The largest absolute Gasteiger partial charge is 0.300 e. The number of nitrogens with zero attached hydrogens (tertiary/aromatic N) is 1. The molecule has 10 heavy (non-hydrogen) atoms. The Morgan fingerprint density at radius 2 is 1.50 bits per heavy atom. The molecule has 0 saturated carbocycles. The average Bonchev–Trinajstić information content (AvgIpc) is 2.27. The molecule has 0 radical (unpaired) electrons. The topological polar surface area (TPSA) is 4.93 Å². The predicted octanol–water partition coefficient (Wildman–Crippen LogP) is 2.33. The molecule has 1 aromatic heterocycles. The zero-order valence-corrected chi connectivity index (χ0v) is 6.25. The van der Waals surface area contributed by atoms with Crippen molar-refractivity contribution in [2.75, 3.05) is 0 Å². The van der Waals surface area contributed by atoms with Crippen molar-refractivity contribution in [1.29, 1.82) is 0 Å². The third-order valence-electron chi connectivity index (χ3n) is 1.54. The molecule has 0 unspecified atom stereocenters. The molecule has 0 fully saturated rings. The highest BCUT2D eigenvalue weighted by molar-refractivity contribution is 7.78.